The number of nitrogens with zero attached hydrogens (tertiary/aromatic N) is 2. The maximum atomic E-state index is 12.6. The van der Waals surface area contributed by atoms with Crippen LogP contribution in [-0.2, 0) is 6.18 Å². The molecule has 0 bridgehead atoms. The minimum atomic E-state index is -4.48. The molecular weight excluding hydrogens is 390 g/mol. The first-order chi connectivity index (χ1) is 12.3. The molecule has 0 amide bonds. The van der Waals surface area contributed by atoms with Crippen LogP contribution in [0.2, 0.25) is 5.02 Å². The zero-order chi connectivity index (χ0) is 19.2. The zero-order valence-electron chi connectivity index (χ0n) is 13.4. The first kappa shape index (κ1) is 20.1. The zero-order valence-corrected chi connectivity index (χ0v) is 15.0. The molecule has 0 aliphatic heterocycles. The third-order valence-corrected chi connectivity index (χ3v) is 3.77. The second-order valence-electron chi connectivity index (χ2n) is 5.16. The van der Waals surface area contributed by atoms with E-state index >= 15 is 0 Å². The van der Waals surface area contributed by atoms with E-state index < -0.39 is 11.7 Å². The van der Waals surface area contributed by atoms with Crippen molar-refractivity contribution in [2.24, 2.45) is 10.7 Å². The van der Waals surface area contributed by atoms with Gasteiger partial charge in [0.05, 0.1) is 27.8 Å². The third-order valence-electron chi connectivity index (χ3n) is 3.21. The molecule has 0 aliphatic rings. The van der Waals surface area contributed by atoms with E-state index in [1.165, 1.54) is 0 Å². The Bertz CT molecular complexity index is 781. The smallest absolute Gasteiger partial charge is 0.386 e. The van der Waals surface area contributed by atoms with Crippen LogP contribution in [-0.4, -0.2) is 29.8 Å². The van der Waals surface area contributed by atoms with E-state index in [0.717, 1.165) is 18.0 Å². The van der Waals surface area contributed by atoms with Crippen LogP contribution in [0, 0.1) is 0 Å². The first-order valence-electron chi connectivity index (χ1n) is 7.49. The lowest BCUT2D eigenvalue weighted by atomic mass is 10.2. The van der Waals surface area contributed by atoms with Crippen LogP contribution in [0.15, 0.2) is 41.5 Å². The second kappa shape index (κ2) is 8.95. The summed E-state index contributed by atoms with van der Waals surface area (Å²) in [6, 6.07) is 8.09. The molecule has 0 unspecified atom stereocenters. The summed E-state index contributed by atoms with van der Waals surface area (Å²) in [6.07, 6.45) is -3.74. The van der Waals surface area contributed by atoms with Crippen LogP contribution >= 0.6 is 23.2 Å². The Morgan fingerprint density at radius 2 is 1.88 bits per heavy atom. The van der Waals surface area contributed by atoms with Gasteiger partial charge in [0.15, 0.2) is 0 Å². The number of benzene rings is 1. The molecule has 1 aromatic heterocycles. The molecule has 2 rings (SSSR count). The van der Waals surface area contributed by atoms with E-state index in [-0.39, 0.29) is 16.7 Å². The van der Waals surface area contributed by atoms with E-state index in [2.05, 4.69) is 20.6 Å². The van der Waals surface area contributed by atoms with Crippen molar-refractivity contribution >= 4 is 46.2 Å². The highest BCUT2D eigenvalue weighted by Gasteiger charge is 2.31. The average molecular weight is 406 g/mol. The number of anilines is 2. The van der Waals surface area contributed by atoms with Gasteiger partial charge in [-0.2, -0.15) is 13.2 Å². The summed E-state index contributed by atoms with van der Waals surface area (Å²) in [5.41, 5.74) is 6.13. The predicted molar refractivity (Wildman–Crippen MR) is 99.7 cm³/mol. The summed E-state index contributed by atoms with van der Waals surface area (Å²) in [4.78, 5) is 7.91. The van der Waals surface area contributed by atoms with Crippen molar-refractivity contribution in [2.45, 2.75) is 6.18 Å². The molecule has 4 N–H and O–H groups in total. The van der Waals surface area contributed by atoms with Crippen LogP contribution in [0.5, 0.6) is 0 Å². The maximum absolute atomic E-state index is 12.6. The van der Waals surface area contributed by atoms with Crippen LogP contribution in [0.25, 0.3) is 0 Å². The average Bonchev–Trinajstić information content (AvgIpc) is 2.60. The lowest BCUT2D eigenvalue weighted by Gasteiger charge is -2.12. The maximum Gasteiger partial charge on any atom is 0.417 e. The van der Waals surface area contributed by atoms with Crippen molar-refractivity contribution in [2.75, 3.05) is 29.6 Å². The van der Waals surface area contributed by atoms with E-state index in [4.69, 9.17) is 28.9 Å². The Morgan fingerprint density at radius 1 is 1.19 bits per heavy atom. The SMILES string of the molecule is NC(CCl)=Nc1ccccc1NCCNc1ncc(C(F)(F)F)cc1Cl. The molecule has 5 nitrogen and oxygen atoms in total. The standard InChI is InChI=1S/C16H16Cl2F3N5/c17-8-14(22)26-13-4-2-1-3-12(13)23-5-6-24-15-11(18)7-10(9-25-15)16(19,20)21/h1-4,7,9,23H,5-6,8H2,(H2,22,26)(H,24,25). The number of hydrogen-bond acceptors (Lipinski definition) is 4. The van der Waals surface area contributed by atoms with Gasteiger partial charge < -0.3 is 16.4 Å². The van der Waals surface area contributed by atoms with Gasteiger partial charge in [-0.25, -0.2) is 9.98 Å². The number of alkyl halides is 4. The molecule has 2 aromatic rings. The number of rotatable bonds is 7. The van der Waals surface area contributed by atoms with Crippen molar-refractivity contribution in [3.63, 3.8) is 0 Å². The summed E-state index contributed by atoms with van der Waals surface area (Å²) in [7, 11) is 0. The van der Waals surface area contributed by atoms with Gasteiger partial charge in [0.1, 0.15) is 11.7 Å². The molecule has 10 heteroatoms. The fourth-order valence-electron chi connectivity index (χ4n) is 2.01. The monoisotopic (exact) mass is 405 g/mol. The summed E-state index contributed by atoms with van der Waals surface area (Å²) >= 11 is 11.5. The molecule has 0 saturated heterocycles. The Hall–Kier alpha value is -2.19. The topological polar surface area (TPSA) is 75.3 Å². The molecule has 26 heavy (non-hydrogen) atoms. The fraction of sp³-hybridized carbons (Fsp3) is 0.250. The van der Waals surface area contributed by atoms with Crippen LogP contribution < -0.4 is 16.4 Å². The van der Waals surface area contributed by atoms with Crippen LogP contribution in [0.3, 0.4) is 0 Å². The first-order valence-corrected chi connectivity index (χ1v) is 8.41. The largest absolute Gasteiger partial charge is 0.417 e. The van der Waals surface area contributed by atoms with E-state index in [0.29, 0.717) is 24.6 Å². The van der Waals surface area contributed by atoms with E-state index in [1.54, 1.807) is 6.07 Å². The van der Waals surface area contributed by atoms with Gasteiger partial charge >= 0.3 is 6.18 Å². The van der Waals surface area contributed by atoms with Crippen molar-refractivity contribution in [1.82, 2.24) is 4.98 Å². The van der Waals surface area contributed by atoms with Gasteiger partial charge in [0.25, 0.3) is 0 Å². The third kappa shape index (κ3) is 5.67. The normalized spacial score (nSPS) is 12.1. The highest BCUT2D eigenvalue weighted by atomic mass is 35.5. The van der Waals surface area contributed by atoms with Gasteiger partial charge in [0, 0.05) is 19.3 Å². The summed E-state index contributed by atoms with van der Waals surface area (Å²) in [5.74, 6) is 0.590. The number of aliphatic imine (C=N–C) groups is 1. The Morgan fingerprint density at radius 3 is 2.54 bits per heavy atom. The number of nitrogens with one attached hydrogen (secondary N) is 2. The number of pyridine rings is 1. The highest BCUT2D eigenvalue weighted by Crippen LogP contribution is 2.32. The minimum Gasteiger partial charge on any atom is -0.386 e. The molecule has 1 heterocycles. The Kier molecular flexibility index (Phi) is 6.93. The minimum absolute atomic E-state index is 0.0975. The molecule has 0 fully saturated rings. The van der Waals surface area contributed by atoms with Gasteiger partial charge in [-0.15, -0.1) is 11.6 Å². The van der Waals surface area contributed by atoms with Crippen LogP contribution in [0.1, 0.15) is 5.56 Å². The molecule has 0 spiro atoms. The number of hydrogen-bond donors (Lipinski definition) is 3. The van der Waals surface area contributed by atoms with Crippen molar-refractivity contribution in [1.29, 1.82) is 0 Å². The molecule has 0 aliphatic carbocycles. The lowest BCUT2D eigenvalue weighted by Crippen LogP contribution is -2.16. The molecule has 0 saturated carbocycles. The van der Waals surface area contributed by atoms with Crippen molar-refractivity contribution < 1.29 is 13.2 Å². The van der Waals surface area contributed by atoms with E-state index in [1.807, 2.05) is 18.2 Å². The number of para-hydroxylation sites is 2. The fourth-order valence-corrected chi connectivity index (χ4v) is 2.30. The quantitative estimate of drug-likeness (QED) is 0.274. The van der Waals surface area contributed by atoms with Crippen LogP contribution in [0.4, 0.5) is 30.4 Å². The summed E-state index contributed by atoms with van der Waals surface area (Å²) in [5, 5.41) is 5.93. The Balaban J connectivity index is 1.94. The van der Waals surface area contributed by atoms with Gasteiger partial charge in [-0.3, -0.25) is 0 Å². The van der Waals surface area contributed by atoms with Crippen molar-refractivity contribution in [3.8, 4) is 0 Å². The van der Waals surface area contributed by atoms with Crippen molar-refractivity contribution in [3.05, 3.63) is 47.1 Å². The summed E-state index contributed by atoms with van der Waals surface area (Å²) < 4.78 is 37.8. The van der Waals surface area contributed by atoms with Gasteiger partial charge in [-0.1, -0.05) is 23.7 Å². The number of aromatic nitrogens is 1. The Labute approximate surface area is 158 Å². The number of nitrogens with two attached hydrogens (primary N) is 1. The molecular formula is C16H16Cl2F3N5. The number of amidine groups is 1. The molecule has 0 atom stereocenters. The van der Waals surface area contributed by atoms with Gasteiger partial charge in [0.2, 0.25) is 0 Å². The molecule has 140 valence electrons. The molecule has 1 aromatic carbocycles. The highest BCUT2D eigenvalue weighted by molar-refractivity contribution is 6.33. The number of halogens is 5. The van der Waals surface area contributed by atoms with Gasteiger partial charge in [-0.05, 0) is 18.2 Å². The predicted octanol–water partition coefficient (Wildman–Crippen LogP) is 4.51. The lowest BCUT2D eigenvalue weighted by molar-refractivity contribution is -0.137. The summed E-state index contributed by atoms with van der Waals surface area (Å²) in [6.45, 7) is 0.827. The second-order valence-corrected chi connectivity index (χ2v) is 5.83. The molecule has 0 radical (unpaired) electrons. The van der Waals surface area contributed by atoms with E-state index in [9.17, 15) is 13.2 Å².